The maximum Gasteiger partial charge on any atom is 0.253 e. The van der Waals surface area contributed by atoms with E-state index in [1.165, 1.54) is 0 Å². The van der Waals surface area contributed by atoms with Crippen molar-refractivity contribution in [1.82, 2.24) is 30.1 Å². The van der Waals surface area contributed by atoms with Crippen molar-refractivity contribution in [2.75, 3.05) is 6.61 Å². The number of aromatic amines is 1. The van der Waals surface area contributed by atoms with Gasteiger partial charge in [-0.25, -0.2) is 4.68 Å². The van der Waals surface area contributed by atoms with Crippen LogP contribution >= 0.6 is 0 Å². The van der Waals surface area contributed by atoms with Crippen LogP contribution in [0.4, 0.5) is 0 Å². The first kappa shape index (κ1) is 25.4. The lowest BCUT2D eigenvalue weighted by Gasteiger charge is -2.32. The Morgan fingerprint density at radius 1 is 1.05 bits per heavy atom. The number of nitrogens with one attached hydrogen (secondary N) is 1. The summed E-state index contributed by atoms with van der Waals surface area (Å²) in [6.45, 7) is 9.60. The Morgan fingerprint density at radius 2 is 1.87 bits per heavy atom. The van der Waals surface area contributed by atoms with E-state index in [0.717, 1.165) is 28.0 Å². The predicted octanol–water partition coefficient (Wildman–Crippen LogP) is 5.05. The lowest BCUT2D eigenvalue weighted by molar-refractivity contribution is 0.171. The molecule has 0 amide bonds. The fourth-order valence-corrected chi connectivity index (χ4v) is 4.66. The fourth-order valence-electron chi connectivity index (χ4n) is 4.66. The van der Waals surface area contributed by atoms with Crippen LogP contribution in [0.3, 0.4) is 0 Å². The van der Waals surface area contributed by atoms with Crippen molar-refractivity contribution in [3.8, 4) is 5.75 Å². The summed E-state index contributed by atoms with van der Waals surface area (Å²) in [6, 6.07) is 20.9. The third kappa shape index (κ3) is 5.38. The minimum atomic E-state index is -0.571. The van der Waals surface area contributed by atoms with Crippen molar-refractivity contribution in [3.05, 3.63) is 106 Å². The number of nitrogens with zero attached hydrogens (tertiary/aromatic N) is 5. The van der Waals surface area contributed by atoms with Gasteiger partial charge in [0.05, 0.1) is 25.0 Å². The Morgan fingerprint density at radius 3 is 2.58 bits per heavy atom. The summed E-state index contributed by atoms with van der Waals surface area (Å²) in [6.07, 6.45) is 1.66. The van der Waals surface area contributed by atoms with Crippen LogP contribution in [0.1, 0.15) is 56.4 Å². The quantitative estimate of drug-likeness (QED) is 0.295. The molecular formula is C29H32N6O3. The molecule has 0 aliphatic rings. The van der Waals surface area contributed by atoms with Gasteiger partial charge in [0.15, 0.2) is 5.82 Å². The second kappa shape index (κ2) is 10.6. The molecule has 0 radical (unpaired) electrons. The van der Waals surface area contributed by atoms with Crippen molar-refractivity contribution >= 4 is 10.9 Å². The van der Waals surface area contributed by atoms with E-state index >= 15 is 0 Å². The summed E-state index contributed by atoms with van der Waals surface area (Å²) in [5, 5.41) is 13.7. The topological polar surface area (TPSA) is 102 Å². The molecule has 0 unspecified atom stereocenters. The molecule has 9 nitrogen and oxygen atoms in total. The third-order valence-electron chi connectivity index (χ3n) is 6.36. The molecule has 9 heteroatoms. The Hall–Kier alpha value is -4.24. The SMILES string of the molecule is CCOc1ccc2[nH]c(=O)c([C@H](c3nnnn3C(C)(C)C)N(Cc3ccccc3)Cc3ccco3)cc2c1. The van der Waals surface area contributed by atoms with Crippen LogP contribution < -0.4 is 10.3 Å². The van der Waals surface area contributed by atoms with E-state index in [0.29, 0.717) is 31.1 Å². The van der Waals surface area contributed by atoms with Gasteiger partial charge in [-0.1, -0.05) is 30.3 Å². The summed E-state index contributed by atoms with van der Waals surface area (Å²) >= 11 is 0. The molecule has 0 saturated carbocycles. The number of pyridine rings is 1. The number of furan rings is 1. The molecule has 5 aromatic rings. The molecule has 0 spiro atoms. The number of tetrazole rings is 1. The predicted molar refractivity (Wildman–Crippen MR) is 145 cm³/mol. The van der Waals surface area contributed by atoms with Gasteiger partial charge in [-0.05, 0) is 80.1 Å². The highest BCUT2D eigenvalue weighted by Crippen LogP contribution is 2.32. The molecule has 1 N–H and O–H groups in total. The summed E-state index contributed by atoms with van der Waals surface area (Å²) in [7, 11) is 0. The number of fused-ring (bicyclic) bond motifs is 1. The van der Waals surface area contributed by atoms with Crippen molar-refractivity contribution in [2.45, 2.75) is 52.4 Å². The number of H-pyrrole nitrogens is 1. The third-order valence-corrected chi connectivity index (χ3v) is 6.36. The van der Waals surface area contributed by atoms with Crippen molar-refractivity contribution in [1.29, 1.82) is 0 Å². The second-order valence-electron chi connectivity index (χ2n) is 10.2. The van der Waals surface area contributed by atoms with Crippen LogP contribution in [0.15, 0.2) is 82.2 Å². The maximum atomic E-state index is 13.7. The van der Waals surface area contributed by atoms with Crippen LogP contribution in [0, 0.1) is 0 Å². The van der Waals surface area contributed by atoms with Gasteiger partial charge in [-0.2, -0.15) is 0 Å². The molecular weight excluding hydrogens is 480 g/mol. The van der Waals surface area contributed by atoms with Gasteiger partial charge < -0.3 is 14.1 Å². The van der Waals surface area contributed by atoms with Gasteiger partial charge in [0.25, 0.3) is 5.56 Å². The summed E-state index contributed by atoms with van der Waals surface area (Å²) in [4.78, 5) is 18.9. The number of benzene rings is 2. The van der Waals surface area contributed by atoms with Gasteiger partial charge in [-0.15, -0.1) is 5.10 Å². The Bertz CT molecular complexity index is 1550. The van der Waals surface area contributed by atoms with Gasteiger partial charge in [0, 0.05) is 23.0 Å². The van der Waals surface area contributed by atoms with E-state index in [1.807, 2.05) is 82.3 Å². The van der Waals surface area contributed by atoms with Crippen molar-refractivity contribution in [3.63, 3.8) is 0 Å². The zero-order valence-corrected chi connectivity index (χ0v) is 22.1. The molecule has 5 rings (SSSR count). The number of aromatic nitrogens is 5. The van der Waals surface area contributed by atoms with E-state index < -0.39 is 11.6 Å². The van der Waals surface area contributed by atoms with Crippen LogP contribution in [-0.2, 0) is 18.6 Å². The van der Waals surface area contributed by atoms with Crippen molar-refractivity contribution < 1.29 is 9.15 Å². The van der Waals surface area contributed by atoms with E-state index in [9.17, 15) is 4.79 Å². The molecule has 0 aliphatic carbocycles. The van der Waals surface area contributed by atoms with E-state index in [1.54, 1.807) is 10.9 Å². The molecule has 0 saturated heterocycles. The number of rotatable bonds is 9. The zero-order valence-electron chi connectivity index (χ0n) is 22.1. The number of hydrogen-bond donors (Lipinski definition) is 1. The molecule has 38 heavy (non-hydrogen) atoms. The standard InChI is InChI=1S/C29H32N6O3/c1-5-37-22-13-14-25-21(16-22)17-24(28(36)30-25)26(27-31-32-33-35(27)29(2,3)4)34(19-23-12-9-15-38-23)18-20-10-7-6-8-11-20/h6-17,26H,5,18-19H2,1-4H3,(H,30,36)/t26-/m1/s1. The number of hydrogen-bond acceptors (Lipinski definition) is 7. The first-order valence-electron chi connectivity index (χ1n) is 12.7. The lowest BCUT2D eigenvalue weighted by Crippen LogP contribution is -2.37. The van der Waals surface area contributed by atoms with Crippen LogP contribution in [0.2, 0.25) is 0 Å². The first-order valence-corrected chi connectivity index (χ1v) is 12.7. The van der Waals surface area contributed by atoms with Gasteiger partial charge in [-0.3, -0.25) is 9.69 Å². The Kier molecular flexibility index (Phi) is 7.11. The monoisotopic (exact) mass is 512 g/mol. The normalized spacial score (nSPS) is 12.8. The summed E-state index contributed by atoms with van der Waals surface area (Å²) < 4.78 is 13.3. The molecule has 2 aromatic carbocycles. The van der Waals surface area contributed by atoms with Gasteiger partial charge in [0.2, 0.25) is 0 Å². The molecule has 0 fully saturated rings. The molecule has 196 valence electrons. The van der Waals surface area contributed by atoms with Crippen molar-refractivity contribution in [2.24, 2.45) is 0 Å². The van der Waals surface area contributed by atoms with E-state index in [4.69, 9.17) is 9.15 Å². The average molecular weight is 513 g/mol. The molecule has 1 atom stereocenters. The van der Waals surface area contributed by atoms with Crippen LogP contribution in [0.5, 0.6) is 5.75 Å². The lowest BCUT2D eigenvalue weighted by atomic mass is 10.0. The Balaban J connectivity index is 1.72. The minimum Gasteiger partial charge on any atom is -0.494 e. The second-order valence-corrected chi connectivity index (χ2v) is 10.2. The average Bonchev–Trinajstić information content (AvgIpc) is 3.58. The largest absolute Gasteiger partial charge is 0.494 e. The van der Waals surface area contributed by atoms with Gasteiger partial charge >= 0.3 is 0 Å². The highest BCUT2D eigenvalue weighted by Gasteiger charge is 2.34. The first-order chi connectivity index (χ1) is 18.3. The molecule has 0 bridgehead atoms. The highest BCUT2D eigenvalue weighted by molar-refractivity contribution is 5.80. The van der Waals surface area contributed by atoms with E-state index in [2.05, 4.69) is 37.5 Å². The van der Waals surface area contributed by atoms with Gasteiger partial charge in [0.1, 0.15) is 17.6 Å². The zero-order chi connectivity index (χ0) is 26.7. The summed E-state index contributed by atoms with van der Waals surface area (Å²) in [5.41, 5.74) is 1.75. The van der Waals surface area contributed by atoms with E-state index in [-0.39, 0.29) is 5.56 Å². The number of ether oxygens (including phenoxy) is 1. The smallest absolute Gasteiger partial charge is 0.253 e. The molecule has 0 aliphatic heterocycles. The minimum absolute atomic E-state index is 0.201. The molecule has 3 heterocycles. The molecule has 3 aromatic heterocycles. The Labute approximate surface area is 221 Å². The summed E-state index contributed by atoms with van der Waals surface area (Å²) in [5.74, 6) is 2.09. The van der Waals surface area contributed by atoms with Crippen LogP contribution in [0.25, 0.3) is 10.9 Å². The maximum absolute atomic E-state index is 13.7. The fraction of sp³-hybridized carbons (Fsp3) is 0.310. The highest BCUT2D eigenvalue weighted by atomic mass is 16.5. The van der Waals surface area contributed by atoms with Crippen LogP contribution in [-0.4, -0.2) is 36.7 Å².